The van der Waals surface area contributed by atoms with Gasteiger partial charge in [-0.25, -0.2) is 9.59 Å². The van der Waals surface area contributed by atoms with Crippen molar-refractivity contribution in [3.8, 4) is 22.6 Å². The highest BCUT2D eigenvalue weighted by Gasteiger charge is 2.14. The van der Waals surface area contributed by atoms with Gasteiger partial charge >= 0.3 is 11.9 Å². The Morgan fingerprint density at radius 1 is 0.585 bits per heavy atom. The van der Waals surface area contributed by atoms with Crippen LogP contribution in [-0.4, -0.2) is 24.6 Å². The average molecular weight is 559 g/mol. The molecular weight excluding hydrogens is 512 g/mol. The number of carbonyl (C=O) groups excluding carboxylic acids is 2. The molecule has 0 aliphatic heterocycles. The summed E-state index contributed by atoms with van der Waals surface area (Å²) in [7, 11) is 0. The lowest BCUT2D eigenvalue weighted by molar-refractivity contribution is 0.0319. The second kappa shape index (κ2) is 18.0. The summed E-state index contributed by atoms with van der Waals surface area (Å²) in [5, 5.41) is 0. The molecule has 0 amide bonds. The standard InChI is InChI=1S/C36H46O5/c1-4-6-8-10-11-13-27-39-33-23-19-30(20-24-33)29-15-17-31(18-16-29)36(38)41-34-25-21-32(22-26-34)35(37)40-28(3)14-12-9-7-5-2/h15-26,28H,4-14,27H2,1-3H3/t28-/m0/s1. The maximum atomic E-state index is 12.7. The van der Waals surface area contributed by atoms with Crippen LogP contribution in [0.2, 0.25) is 0 Å². The fraction of sp³-hybridized carbons (Fsp3) is 0.444. The lowest BCUT2D eigenvalue weighted by Crippen LogP contribution is -2.15. The van der Waals surface area contributed by atoms with E-state index in [4.69, 9.17) is 14.2 Å². The predicted octanol–water partition coefficient (Wildman–Crippen LogP) is 9.83. The maximum Gasteiger partial charge on any atom is 0.343 e. The first-order valence-corrected chi connectivity index (χ1v) is 15.4. The molecule has 0 radical (unpaired) electrons. The van der Waals surface area contributed by atoms with Crippen LogP contribution >= 0.6 is 0 Å². The number of hydrogen-bond donors (Lipinski definition) is 0. The van der Waals surface area contributed by atoms with Crippen molar-refractivity contribution >= 4 is 11.9 Å². The van der Waals surface area contributed by atoms with E-state index in [1.54, 1.807) is 36.4 Å². The van der Waals surface area contributed by atoms with Gasteiger partial charge in [0.15, 0.2) is 0 Å². The minimum Gasteiger partial charge on any atom is -0.494 e. The van der Waals surface area contributed by atoms with Gasteiger partial charge in [0.2, 0.25) is 0 Å². The average Bonchev–Trinajstić information content (AvgIpc) is 2.99. The van der Waals surface area contributed by atoms with E-state index in [2.05, 4.69) is 13.8 Å². The Morgan fingerprint density at radius 3 is 1.71 bits per heavy atom. The molecule has 0 aromatic heterocycles. The summed E-state index contributed by atoms with van der Waals surface area (Å²) in [6.07, 6.45) is 12.8. The molecule has 5 nitrogen and oxygen atoms in total. The first-order chi connectivity index (χ1) is 20.0. The molecule has 220 valence electrons. The summed E-state index contributed by atoms with van der Waals surface area (Å²) < 4.78 is 16.9. The Kier molecular flexibility index (Phi) is 14.0. The summed E-state index contributed by atoms with van der Waals surface area (Å²) >= 11 is 0. The van der Waals surface area contributed by atoms with Crippen molar-refractivity contribution in [1.29, 1.82) is 0 Å². The first kappa shape index (κ1) is 31.9. The second-order valence-electron chi connectivity index (χ2n) is 10.7. The summed E-state index contributed by atoms with van der Waals surface area (Å²) in [5.41, 5.74) is 2.95. The van der Waals surface area contributed by atoms with Gasteiger partial charge < -0.3 is 14.2 Å². The fourth-order valence-corrected chi connectivity index (χ4v) is 4.61. The zero-order valence-electron chi connectivity index (χ0n) is 25.0. The Hall–Kier alpha value is -3.60. The van der Waals surface area contributed by atoms with E-state index >= 15 is 0 Å². The van der Waals surface area contributed by atoms with Crippen molar-refractivity contribution < 1.29 is 23.8 Å². The second-order valence-corrected chi connectivity index (χ2v) is 10.7. The van der Waals surface area contributed by atoms with E-state index < -0.39 is 5.97 Å². The molecular formula is C36H46O5. The van der Waals surface area contributed by atoms with Crippen LogP contribution in [0.25, 0.3) is 11.1 Å². The molecule has 3 rings (SSSR count). The van der Waals surface area contributed by atoms with Gasteiger partial charge in [-0.15, -0.1) is 0 Å². The SMILES string of the molecule is CCCCCCCCOc1ccc(-c2ccc(C(=O)Oc3ccc(C(=O)O[C@@H](C)CCCCCC)cc3)cc2)cc1. The molecule has 0 saturated carbocycles. The zero-order valence-corrected chi connectivity index (χ0v) is 25.0. The van der Waals surface area contributed by atoms with E-state index in [1.807, 2.05) is 43.3 Å². The summed E-state index contributed by atoms with van der Waals surface area (Å²) in [5.74, 6) is 0.434. The van der Waals surface area contributed by atoms with Crippen LogP contribution in [0.5, 0.6) is 11.5 Å². The number of unbranched alkanes of at least 4 members (excludes halogenated alkanes) is 8. The third-order valence-corrected chi connectivity index (χ3v) is 7.15. The van der Waals surface area contributed by atoms with Crippen LogP contribution in [0, 0.1) is 0 Å². The summed E-state index contributed by atoms with van der Waals surface area (Å²) in [6.45, 7) is 7.07. The Balaban J connectivity index is 1.44. The molecule has 0 fully saturated rings. The highest BCUT2D eigenvalue weighted by atomic mass is 16.5. The van der Waals surface area contributed by atoms with Gasteiger partial charge in [-0.2, -0.15) is 0 Å². The van der Waals surface area contributed by atoms with Crippen LogP contribution in [0.4, 0.5) is 0 Å². The molecule has 3 aromatic carbocycles. The van der Waals surface area contributed by atoms with E-state index in [0.29, 0.717) is 16.9 Å². The third-order valence-electron chi connectivity index (χ3n) is 7.15. The fourth-order valence-electron chi connectivity index (χ4n) is 4.61. The molecule has 0 heterocycles. The Labute approximate surface area is 246 Å². The van der Waals surface area contributed by atoms with Gasteiger partial charge in [0.1, 0.15) is 11.5 Å². The summed E-state index contributed by atoms with van der Waals surface area (Å²) in [6, 6.07) is 21.9. The van der Waals surface area contributed by atoms with Crippen molar-refractivity contribution in [2.24, 2.45) is 0 Å². The molecule has 0 aliphatic carbocycles. The minimum absolute atomic E-state index is 0.124. The third kappa shape index (κ3) is 11.4. The predicted molar refractivity (Wildman–Crippen MR) is 166 cm³/mol. The van der Waals surface area contributed by atoms with Crippen LogP contribution in [0.1, 0.15) is 112 Å². The molecule has 41 heavy (non-hydrogen) atoms. The van der Waals surface area contributed by atoms with Gasteiger partial charge in [-0.05, 0) is 85.8 Å². The van der Waals surface area contributed by atoms with Gasteiger partial charge in [0.25, 0.3) is 0 Å². The largest absolute Gasteiger partial charge is 0.494 e. The van der Waals surface area contributed by atoms with Crippen LogP contribution in [0.15, 0.2) is 72.8 Å². The molecule has 0 unspecified atom stereocenters. The lowest BCUT2D eigenvalue weighted by atomic mass is 10.0. The van der Waals surface area contributed by atoms with Crippen LogP contribution in [0.3, 0.4) is 0 Å². The summed E-state index contributed by atoms with van der Waals surface area (Å²) in [4.78, 5) is 25.1. The van der Waals surface area contributed by atoms with E-state index in [0.717, 1.165) is 49.2 Å². The number of hydrogen-bond acceptors (Lipinski definition) is 5. The van der Waals surface area contributed by atoms with Crippen molar-refractivity contribution in [3.05, 3.63) is 83.9 Å². The number of benzene rings is 3. The normalized spacial score (nSPS) is 11.6. The smallest absolute Gasteiger partial charge is 0.343 e. The minimum atomic E-state index is -0.453. The van der Waals surface area contributed by atoms with Gasteiger partial charge in [-0.1, -0.05) is 89.5 Å². The molecule has 5 heteroatoms. The van der Waals surface area contributed by atoms with Crippen molar-refractivity contribution in [2.45, 2.75) is 97.5 Å². The van der Waals surface area contributed by atoms with Crippen molar-refractivity contribution in [2.75, 3.05) is 6.61 Å². The first-order valence-electron chi connectivity index (χ1n) is 15.4. The lowest BCUT2D eigenvalue weighted by Gasteiger charge is -2.13. The molecule has 0 aliphatic rings. The molecule has 0 saturated heterocycles. The van der Waals surface area contributed by atoms with E-state index in [9.17, 15) is 9.59 Å². The Morgan fingerprint density at radius 2 is 1.07 bits per heavy atom. The zero-order chi connectivity index (χ0) is 29.3. The molecule has 0 spiro atoms. The number of esters is 2. The topological polar surface area (TPSA) is 61.8 Å². The van der Waals surface area contributed by atoms with Gasteiger partial charge in [-0.3, -0.25) is 0 Å². The van der Waals surface area contributed by atoms with Crippen molar-refractivity contribution in [3.63, 3.8) is 0 Å². The Bertz CT molecular complexity index is 1170. The van der Waals surface area contributed by atoms with Gasteiger partial charge in [0.05, 0.1) is 23.8 Å². The highest BCUT2D eigenvalue weighted by Crippen LogP contribution is 2.24. The van der Waals surface area contributed by atoms with E-state index in [1.165, 1.54) is 44.9 Å². The molecule has 3 aromatic rings. The van der Waals surface area contributed by atoms with E-state index in [-0.39, 0.29) is 12.1 Å². The van der Waals surface area contributed by atoms with Crippen molar-refractivity contribution in [1.82, 2.24) is 0 Å². The molecule has 0 N–H and O–H groups in total. The van der Waals surface area contributed by atoms with Crippen LogP contribution < -0.4 is 9.47 Å². The highest BCUT2D eigenvalue weighted by molar-refractivity contribution is 5.92. The molecule has 1 atom stereocenters. The number of rotatable bonds is 18. The maximum absolute atomic E-state index is 12.7. The van der Waals surface area contributed by atoms with Gasteiger partial charge in [0, 0.05) is 0 Å². The monoisotopic (exact) mass is 558 g/mol. The number of ether oxygens (including phenoxy) is 3. The quantitative estimate of drug-likeness (QED) is 0.0883. The van der Waals surface area contributed by atoms with Crippen LogP contribution in [-0.2, 0) is 4.74 Å². The number of carbonyl (C=O) groups is 2. The molecule has 0 bridgehead atoms.